The van der Waals surface area contributed by atoms with E-state index in [0.717, 1.165) is 18.5 Å². The molecule has 19 heavy (non-hydrogen) atoms. The number of halogens is 2. The van der Waals surface area contributed by atoms with E-state index in [2.05, 4.69) is 10.6 Å². The number of amides is 1. The lowest BCUT2D eigenvalue weighted by Crippen LogP contribution is -2.29. The van der Waals surface area contributed by atoms with E-state index in [0.29, 0.717) is 23.0 Å². The summed E-state index contributed by atoms with van der Waals surface area (Å²) in [6, 6.07) is 5.53. The van der Waals surface area contributed by atoms with Gasteiger partial charge in [0.2, 0.25) is 5.91 Å². The third-order valence-corrected chi connectivity index (χ3v) is 3.37. The Morgan fingerprint density at radius 2 is 2.05 bits per heavy atom. The van der Waals surface area contributed by atoms with E-state index in [9.17, 15) is 4.79 Å². The first kappa shape index (κ1) is 16.3. The second-order valence-corrected chi connectivity index (χ2v) is 5.29. The molecule has 5 heteroatoms. The van der Waals surface area contributed by atoms with Crippen LogP contribution in [0.2, 0.25) is 10.0 Å². The van der Waals surface area contributed by atoms with Gasteiger partial charge in [-0.1, -0.05) is 36.2 Å². The molecular formula is C14H20Cl2N2O. The van der Waals surface area contributed by atoms with Gasteiger partial charge in [-0.05, 0) is 31.0 Å². The van der Waals surface area contributed by atoms with Crippen molar-refractivity contribution < 1.29 is 4.79 Å². The second kappa shape index (κ2) is 8.41. The van der Waals surface area contributed by atoms with Crippen molar-refractivity contribution in [2.75, 3.05) is 13.1 Å². The van der Waals surface area contributed by atoms with Crippen molar-refractivity contribution in [3.05, 3.63) is 33.8 Å². The molecule has 3 nitrogen and oxygen atoms in total. The van der Waals surface area contributed by atoms with Crippen LogP contribution in [0.4, 0.5) is 0 Å². The van der Waals surface area contributed by atoms with Gasteiger partial charge in [-0.2, -0.15) is 0 Å². The minimum Gasteiger partial charge on any atom is -0.356 e. The van der Waals surface area contributed by atoms with Crippen LogP contribution in [0.1, 0.15) is 38.3 Å². The summed E-state index contributed by atoms with van der Waals surface area (Å²) in [7, 11) is 0. The highest BCUT2D eigenvalue weighted by molar-refractivity contribution is 6.35. The van der Waals surface area contributed by atoms with Crippen molar-refractivity contribution in [3.63, 3.8) is 0 Å². The molecule has 0 aromatic heterocycles. The van der Waals surface area contributed by atoms with Gasteiger partial charge in [0.25, 0.3) is 0 Å². The molecule has 1 unspecified atom stereocenters. The first-order valence-electron chi connectivity index (χ1n) is 6.49. The molecule has 1 aromatic rings. The largest absolute Gasteiger partial charge is 0.356 e. The minimum atomic E-state index is 0.0729. The van der Waals surface area contributed by atoms with Crippen LogP contribution in [-0.4, -0.2) is 19.0 Å². The van der Waals surface area contributed by atoms with Gasteiger partial charge in [0, 0.05) is 35.6 Å². The molecule has 0 radical (unpaired) electrons. The molecule has 0 aliphatic rings. The molecule has 0 saturated heterocycles. The average molecular weight is 303 g/mol. The standard InChI is InChI=1S/C14H20Cl2N2O/c1-3-7-18-14(19)6-8-17-10(2)12-5-4-11(15)9-13(12)16/h4-5,9-10,17H,3,6-8H2,1-2H3,(H,18,19). The molecule has 1 aromatic carbocycles. The number of benzene rings is 1. The van der Waals surface area contributed by atoms with Gasteiger partial charge < -0.3 is 10.6 Å². The zero-order chi connectivity index (χ0) is 14.3. The number of nitrogens with one attached hydrogen (secondary N) is 2. The third-order valence-electron chi connectivity index (χ3n) is 2.80. The van der Waals surface area contributed by atoms with E-state index in [4.69, 9.17) is 23.2 Å². The zero-order valence-corrected chi connectivity index (χ0v) is 12.8. The number of hydrogen-bond acceptors (Lipinski definition) is 2. The molecule has 0 fully saturated rings. The van der Waals surface area contributed by atoms with Crippen LogP contribution in [0.15, 0.2) is 18.2 Å². The fourth-order valence-electron chi connectivity index (χ4n) is 1.72. The van der Waals surface area contributed by atoms with Gasteiger partial charge in [0.15, 0.2) is 0 Å². The molecular weight excluding hydrogens is 283 g/mol. The summed E-state index contributed by atoms with van der Waals surface area (Å²) in [4.78, 5) is 11.4. The van der Waals surface area contributed by atoms with Crippen LogP contribution < -0.4 is 10.6 Å². The summed E-state index contributed by atoms with van der Waals surface area (Å²) in [5.41, 5.74) is 0.986. The summed E-state index contributed by atoms with van der Waals surface area (Å²) < 4.78 is 0. The van der Waals surface area contributed by atoms with Crippen molar-refractivity contribution in [2.24, 2.45) is 0 Å². The highest BCUT2D eigenvalue weighted by Crippen LogP contribution is 2.25. The first-order chi connectivity index (χ1) is 9.04. The van der Waals surface area contributed by atoms with E-state index in [-0.39, 0.29) is 11.9 Å². The maximum absolute atomic E-state index is 11.4. The summed E-state index contributed by atoms with van der Waals surface area (Å²) in [5, 5.41) is 7.39. The SMILES string of the molecule is CCCNC(=O)CCNC(C)c1ccc(Cl)cc1Cl. The van der Waals surface area contributed by atoms with E-state index in [1.165, 1.54) is 0 Å². The number of carbonyl (C=O) groups is 1. The summed E-state index contributed by atoms with van der Waals surface area (Å²) >= 11 is 12.0. The van der Waals surface area contributed by atoms with Gasteiger partial charge in [0.05, 0.1) is 0 Å². The molecule has 0 spiro atoms. The summed E-state index contributed by atoms with van der Waals surface area (Å²) in [6.45, 7) is 5.40. The van der Waals surface area contributed by atoms with E-state index in [1.807, 2.05) is 26.0 Å². The predicted molar refractivity (Wildman–Crippen MR) is 80.8 cm³/mol. The molecule has 0 aliphatic carbocycles. The fraction of sp³-hybridized carbons (Fsp3) is 0.500. The van der Waals surface area contributed by atoms with Crippen LogP contribution in [0.3, 0.4) is 0 Å². The Morgan fingerprint density at radius 3 is 2.68 bits per heavy atom. The first-order valence-corrected chi connectivity index (χ1v) is 7.25. The second-order valence-electron chi connectivity index (χ2n) is 4.44. The number of rotatable bonds is 7. The van der Waals surface area contributed by atoms with Crippen molar-refractivity contribution >= 4 is 29.1 Å². The number of carbonyl (C=O) groups excluding carboxylic acids is 1. The normalized spacial score (nSPS) is 12.2. The molecule has 1 atom stereocenters. The lowest BCUT2D eigenvalue weighted by atomic mass is 10.1. The number of hydrogen-bond donors (Lipinski definition) is 2. The topological polar surface area (TPSA) is 41.1 Å². The highest BCUT2D eigenvalue weighted by Gasteiger charge is 2.10. The molecule has 0 aliphatic heterocycles. The molecule has 1 rings (SSSR count). The lowest BCUT2D eigenvalue weighted by Gasteiger charge is -2.15. The van der Waals surface area contributed by atoms with Crippen LogP contribution in [0.5, 0.6) is 0 Å². The lowest BCUT2D eigenvalue weighted by molar-refractivity contribution is -0.121. The fourth-order valence-corrected chi connectivity index (χ4v) is 2.29. The van der Waals surface area contributed by atoms with Crippen LogP contribution >= 0.6 is 23.2 Å². The summed E-state index contributed by atoms with van der Waals surface area (Å²) in [5.74, 6) is 0.0729. The van der Waals surface area contributed by atoms with Crippen molar-refractivity contribution in [3.8, 4) is 0 Å². The Hall–Kier alpha value is -0.770. The summed E-state index contributed by atoms with van der Waals surface area (Å²) in [6.07, 6.45) is 1.42. The monoisotopic (exact) mass is 302 g/mol. The molecule has 0 heterocycles. The van der Waals surface area contributed by atoms with Crippen molar-refractivity contribution in [1.29, 1.82) is 0 Å². The third kappa shape index (κ3) is 5.81. The van der Waals surface area contributed by atoms with Gasteiger partial charge in [-0.15, -0.1) is 0 Å². The van der Waals surface area contributed by atoms with Gasteiger partial charge in [-0.25, -0.2) is 0 Å². The Morgan fingerprint density at radius 1 is 1.32 bits per heavy atom. The van der Waals surface area contributed by atoms with Crippen molar-refractivity contribution in [2.45, 2.75) is 32.7 Å². The maximum atomic E-state index is 11.4. The molecule has 106 valence electrons. The minimum absolute atomic E-state index is 0.0729. The Kier molecular flexibility index (Phi) is 7.21. The van der Waals surface area contributed by atoms with Gasteiger partial charge in [-0.3, -0.25) is 4.79 Å². The maximum Gasteiger partial charge on any atom is 0.221 e. The van der Waals surface area contributed by atoms with Crippen molar-refractivity contribution in [1.82, 2.24) is 10.6 Å². The smallest absolute Gasteiger partial charge is 0.221 e. The van der Waals surface area contributed by atoms with Gasteiger partial charge >= 0.3 is 0 Å². The molecule has 2 N–H and O–H groups in total. The van der Waals surface area contributed by atoms with Crippen LogP contribution in [0.25, 0.3) is 0 Å². The average Bonchev–Trinajstić information content (AvgIpc) is 2.36. The van der Waals surface area contributed by atoms with Crippen LogP contribution in [0, 0.1) is 0 Å². The molecule has 0 saturated carbocycles. The van der Waals surface area contributed by atoms with Crippen LogP contribution in [-0.2, 0) is 4.79 Å². The molecule has 0 bridgehead atoms. The molecule has 1 amide bonds. The Balaban J connectivity index is 2.38. The van der Waals surface area contributed by atoms with E-state index < -0.39 is 0 Å². The Labute approximate surface area is 124 Å². The predicted octanol–water partition coefficient (Wildman–Crippen LogP) is 3.56. The van der Waals surface area contributed by atoms with E-state index in [1.54, 1.807) is 6.07 Å². The highest BCUT2D eigenvalue weighted by atomic mass is 35.5. The van der Waals surface area contributed by atoms with Gasteiger partial charge in [0.1, 0.15) is 0 Å². The Bertz CT molecular complexity index is 424. The zero-order valence-electron chi connectivity index (χ0n) is 11.3. The quantitative estimate of drug-likeness (QED) is 0.808. The van der Waals surface area contributed by atoms with E-state index >= 15 is 0 Å².